The molecule has 2 rings (SSSR count). The Kier molecular flexibility index (Phi) is 5.90. The molecule has 0 atom stereocenters. The minimum absolute atomic E-state index is 0.257. The number of ether oxygens (including phenoxy) is 2. The Balaban J connectivity index is 2.29. The third-order valence-electron chi connectivity index (χ3n) is 2.86. The van der Waals surface area contributed by atoms with Crippen LogP contribution >= 0.6 is 34.2 Å². The highest BCUT2D eigenvalue weighted by Crippen LogP contribution is 2.36. The van der Waals surface area contributed by atoms with Crippen molar-refractivity contribution in [3.63, 3.8) is 0 Å². The summed E-state index contributed by atoms with van der Waals surface area (Å²) in [5.74, 6) is 0.618. The molecule has 2 aromatic carbocycles. The molecule has 0 saturated heterocycles. The first-order valence-electron chi connectivity index (χ1n) is 6.62. The Labute approximate surface area is 147 Å². The summed E-state index contributed by atoms with van der Waals surface area (Å²) in [6, 6.07) is 10.7. The fraction of sp³-hybridized carbons (Fsp3) is 0.188. The molecule has 116 valence electrons. The summed E-state index contributed by atoms with van der Waals surface area (Å²) in [4.78, 5) is 12.4. The van der Waals surface area contributed by atoms with Crippen LogP contribution in [0.3, 0.4) is 0 Å². The van der Waals surface area contributed by atoms with Gasteiger partial charge in [0.1, 0.15) is 0 Å². The molecular weight excluding hydrogens is 417 g/mol. The van der Waals surface area contributed by atoms with Gasteiger partial charge in [-0.2, -0.15) is 0 Å². The topological polar surface area (TPSA) is 47.6 Å². The van der Waals surface area contributed by atoms with E-state index in [1.54, 1.807) is 12.1 Å². The average molecular weight is 432 g/mol. The van der Waals surface area contributed by atoms with Crippen molar-refractivity contribution in [1.82, 2.24) is 0 Å². The number of benzene rings is 2. The third kappa shape index (κ3) is 4.04. The summed E-state index contributed by atoms with van der Waals surface area (Å²) in [5.41, 5.74) is 1.13. The minimum Gasteiger partial charge on any atom is -0.491 e. The van der Waals surface area contributed by atoms with Gasteiger partial charge in [0.2, 0.25) is 0 Å². The molecule has 0 heterocycles. The molecule has 0 aromatic heterocycles. The van der Waals surface area contributed by atoms with E-state index in [9.17, 15) is 4.79 Å². The predicted octanol–water partition coefficient (Wildman–Crippen LogP) is 4.60. The van der Waals surface area contributed by atoms with Gasteiger partial charge in [0.15, 0.2) is 11.5 Å². The highest BCUT2D eigenvalue weighted by atomic mass is 127. The van der Waals surface area contributed by atoms with Gasteiger partial charge < -0.3 is 14.8 Å². The van der Waals surface area contributed by atoms with Crippen LogP contribution in [-0.4, -0.2) is 19.6 Å². The fourth-order valence-electron chi connectivity index (χ4n) is 1.93. The first-order valence-corrected chi connectivity index (χ1v) is 8.08. The summed E-state index contributed by atoms with van der Waals surface area (Å²) >= 11 is 8.35. The summed E-state index contributed by atoms with van der Waals surface area (Å²) in [5, 5.41) is 3.17. The van der Waals surface area contributed by atoms with Gasteiger partial charge in [0.25, 0.3) is 5.91 Å². The van der Waals surface area contributed by atoms with E-state index in [0.29, 0.717) is 28.7 Å². The lowest BCUT2D eigenvalue weighted by Gasteiger charge is -2.13. The number of carbonyl (C=O) groups excluding carboxylic acids is 1. The molecule has 0 saturated carbocycles. The third-order valence-corrected chi connectivity index (χ3v) is 3.81. The predicted molar refractivity (Wildman–Crippen MR) is 96.3 cm³/mol. The number of hydrogen-bond acceptors (Lipinski definition) is 3. The maximum atomic E-state index is 12.4. The molecule has 0 aliphatic rings. The van der Waals surface area contributed by atoms with Crippen LogP contribution in [0.5, 0.6) is 11.5 Å². The van der Waals surface area contributed by atoms with Gasteiger partial charge in [-0.1, -0.05) is 17.7 Å². The van der Waals surface area contributed by atoms with Crippen molar-refractivity contribution in [1.29, 1.82) is 0 Å². The zero-order chi connectivity index (χ0) is 16.1. The number of anilines is 1. The van der Waals surface area contributed by atoms with Crippen molar-refractivity contribution < 1.29 is 14.3 Å². The van der Waals surface area contributed by atoms with Gasteiger partial charge >= 0.3 is 0 Å². The van der Waals surface area contributed by atoms with Crippen molar-refractivity contribution in [3.05, 3.63) is 50.6 Å². The normalized spacial score (nSPS) is 10.2. The van der Waals surface area contributed by atoms with Crippen LogP contribution in [0.4, 0.5) is 5.69 Å². The van der Waals surface area contributed by atoms with Crippen LogP contribution in [0.2, 0.25) is 5.02 Å². The van der Waals surface area contributed by atoms with E-state index in [2.05, 4.69) is 27.9 Å². The minimum atomic E-state index is -0.257. The summed E-state index contributed by atoms with van der Waals surface area (Å²) in [6.07, 6.45) is 0. The molecule has 0 fully saturated rings. The van der Waals surface area contributed by atoms with E-state index in [1.165, 1.54) is 7.11 Å². The smallest absolute Gasteiger partial charge is 0.255 e. The van der Waals surface area contributed by atoms with E-state index < -0.39 is 0 Å². The quantitative estimate of drug-likeness (QED) is 0.704. The molecule has 0 radical (unpaired) electrons. The Morgan fingerprint density at radius 3 is 2.73 bits per heavy atom. The van der Waals surface area contributed by atoms with E-state index in [0.717, 1.165) is 9.26 Å². The lowest BCUT2D eigenvalue weighted by Crippen LogP contribution is -2.12. The monoisotopic (exact) mass is 431 g/mol. The van der Waals surface area contributed by atoms with Gasteiger partial charge in [-0.25, -0.2) is 0 Å². The molecule has 22 heavy (non-hydrogen) atoms. The lowest BCUT2D eigenvalue weighted by atomic mass is 10.1. The highest BCUT2D eigenvalue weighted by Gasteiger charge is 2.15. The van der Waals surface area contributed by atoms with Gasteiger partial charge in [-0.05, 0) is 59.8 Å². The Morgan fingerprint density at radius 2 is 2.09 bits per heavy atom. The average Bonchev–Trinajstić information content (AvgIpc) is 2.47. The molecule has 2 aromatic rings. The second kappa shape index (κ2) is 7.69. The number of hydrogen-bond donors (Lipinski definition) is 1. The maximum Gasteiger partial charge on any atom is 0.255 e. The first kappa shape index (κ1) is 16.9. The van der Waals surface area contributed by atoms with Crippen LogP contribution < -0.4 is 14.8 Å². The Morgan fingerprint density at radius 1 is 1.32 bits per heavy atom. The number of nitrogens with one attached hydrogen (secondary N) is 1. The lowest BCUT2D eigenvalue weighted by molar-refractivity contribution is 0.102. The van der Waals surface area contributed by atoms with Gasteiger partial charge in [0, 0.05) is 14.8 Å². The number of methoxy groups -OCH3 is 1. The molecule has 6 heteroatoms. The molecule has 0 aliphatic carbocycles. The van der Waals surface area contributed by atoms with E-state index in [4.69, 9.17) is 21.1 Å². The number of halogens is 2. The van der Waals surface area contributed by atoms with Crippen LogP contribution in [0.25, 0.3) is 0 Å². The Hall–Kier alpha value is -1.47. The van der Waals surface area contributed by atoms with E-state index in [1.807, 2.05) is 31.2 Å². The molecule has 0 spiro atoms. The van der Waals surface area contributed by atoms with Crippen LogP contribution in [-0.2, 0) is 0 Å². The van der Waals surface area contributed by atoms with Crippen LogP contribution in [0.1, 0.15) is 17.3 Å². The molecule has 0 bridgehead atoms. The molecule has 4 nitrogen and oxygen atoms in total. The highest BCUT2D eigenvalue weighted by molar-refractivity contribution is 14.1. The van der Waals surface area contributed by atoms with Crippen molar-refractivity contribution in [2.24, 2.45) is 0 Å². The summed E-state index contributed by atoms with van der Waals surface area (Å²) < 4.78 is 11.7. The fourth-order valence-corrected chi connectivity index (χ4v) is 2.76. The largest absolute Gasteiger partial charge is 0.491 e. The van der Waals surface area contributed by atoms with Crippen molar-refractivity contribution in [3.8, 4) is 11.5 Å². The summed E-state index contributed by atoms with van der Waals surface area (Å²) in [7, 11) is 1.51. The molecular formula is C16H15ClINO3. The molecule has 0 aliphatic heterocycles. The number of rotatable bonds is 5. The first-order chi connectivity index (χ1) is 10.5. The van der Waals surface area contributed by atoms with Crippen molar-refractivity contribution in [2.45, 2.75) is 6.92 Å². The number of carbonyl (C=O) groups is 1. The van der Waals surface area contributed by atoms with Crippen molar-refractivity contribution in [2.75, 3.05) is 19.0 Å². The number of amides is 1. The van der Waals surface area contributed by atoms with Gasteiger partial charge in [-0.15, -0.1) is 0 Å². The second-order valence-electron chi connectivity index (χ2n) is 4.39. The molecule has 1 N–H and O–H groups in total. The summed E-state index contributed by atoms with van der Waals surface area (Å²) in [6.45, 7) is 2.31. The van der Waals surface area contributed by atoms with Crippen LogP contribution in [0.15, 0.2) is 36.4 Å². The maximum absolute atomic E-state index is 12.4. The second-order valence-corrected chi connectivity index (χ2v) is 6.04. The van der Waals surface area contributed by atoms with Gasteiger partial charge in [0.05, 0.1) is 18.7 Å². The standard InChI is InChI=1S/C16H15ClINO3/c1-3-22-14-8-10(7-13(17)15(14)21-2)16(20)19-12-6-4-5-11(18)9-12/h4-9H,3H2,1-2H3,(H,19,20). The zero-order valence-electron chi connectivity index (χ0n) is 12.2. The van der Waals surface area contributed by atoms with Crippen LogP contribution in [0, 0.1) is 3.57 Å². The molecule has 1 amide bonds. The van der Waals surface area contributed by atoms with Crippen molar-refractivity contribution >= 4 is 45.8 Å². The van der Waals surface area contributed by atoms with E-state index >= 15 is 0 Å². The Bertz CT molecular complexity index is 691. The SMILES string of the molecule is CCOc1cc(C(=O)Nc2cccc(I)c2)cc(Cl)c1OC. The van der Waals surface area contributed by atoms with Gasteiger partial charge in [-0.3, -0.25) is 4.79 Å². The van der Waals surface area contributed by atoms with E-state index in [-0.39, 0.29) is 5.91 Å². The molecule has 0 unspecified atom stereocenters. The zero-order valence-corrected chi connectivity index (χ0v) is 15.1.